The van der Waals surface area contributed by atoms with Crippen LogP contribution < -0.4 is 10.1 Å². The van der Waals surface area contributed by atoms with E-state index in [-0.39, 0.29) is 19.6 Å². The molecule has 0 atom stereocenters. The number of hydrogen-bond acceptors (Lipinski definition) is 3. The normalized spacial score (nSPS) is 9.65. The van der Waals surface area contributed by atoms with E-state index in [0.717, 1.165) is 10.5 Å². The molecule has 1 aromatic rings. The quantitative estimate of drug-likeness (QED) is 0.740. The van der Waals surface area contributed by atoms with Gasteiger partial charge >= 0.3 is 12.0 Å². The molecule has 20 heavy (non-hydrogen) atoms. The first-order valence-corrected chi connectivity index (χ1v) is 6.05. The molecule has 1 aromatic carbocycles. The first-order valence-electron chi connectivity index (χ1n) is 6.05. The zero-order valence-corrected chi connectivity index (χ0v) is 11.3. The molecule has 1 rings (SSSR count). The maximum Gasteiger partial charge on any atom is 0.323 e. The highest BCUT2D eigenvalue weighted by Crippen LogP contribution is 2.16. The summed E-state index contributed by atoms with van der Waals surface area (Å²) in [5.74, 6) is -0.402. The molecule has 0 aromatic heterocycles. The van der Waals surface area contributed by atoms with Gasteiger partial charge in [0.25, 0.3) is 0 Å². The van der Waals surface area contributed by atoms with Crippen LogP contribution in [0.1, 0.15) is 5.56 Å². The van der Waals surface area contributed by atoms with Crippen molar-refractivity contribution in [3.8, 4) is 5.75 Å². The number of amides is 2. The third kappa shape index (κ3) is 4.64. The number of benzene rings is 1. The third-order valence-corrected chi connectivity index (χ3v) is 2.59. The van der Waals surface area contributed by atoms with Gasteiger partial charge in [0, 0.05) is 18.7 Å². The van der Waals surface area contributed by atoms with Crippen LogP contribution in [0.2, 0.25) is 0 Å². The van der Waals surface area contributed by atoms with Crippen LogP contribution in [-0.2, 0) is 11.3 Å². The van der Waals surface area contributed by atoms with Gasteiger partial charge in [-0.2, -0.15) is 0 Å². The largest absolute Gasteiger partial charge is 0.496 e. The van der Waals surface area contributed by atoms with Gasteiger partial charge in [0.2, 0.25) is 0 Å². The fourth-order valence-corrected chi connectivity index (χ4v) is 1.67. The standard InChI is InChI=1S/C14H18N2O4/c1-3-8-16(10-13(17)18)14(19)15-9-11-6-4-5-7-12(11)20-2/h3-7H,1,8-10H2,2H3,(H,15,19)(H,17,18). The van der Waals surface area contributed by atoms with Crippen molar-refractivity contribution in [3.63, 3.8) is 0 Å². The van der Waals surface area contributed by atoms with Gasteiger partial charge in [-0.3, -0.25) is 4.79 Å². The molecule has 0 fully saturated rings. The maximum atomic E-state index is 11.9. The molecule has 0 spiro atoms. The van der Waals surface area contributed by atoms with Gasteiger partial charge in [-0.05, 0) is 6.07 Å². The molecule has 6 heteroatoms. The zero-order chi connectivity index (χ0) is 15.0. The summed E-state index contributed by atoms with van der Waals surface area (Å²) in [6.07, 6.45) is 1.48. The molecular formula is C14H18N2O4. The number of carbonyl (C=O) groups excluding carboxylic acids is 1. The summed E-state index contributed by atoms with van der Waals surface area (Å²) in [5.41, 5.74) is 0.817. The van der Waals surface area contributed by atoms with Crippen molar-refractivity contribution >= 4 is 12.0 Å². The molecule has 2 amide bonds. The lowest BCUT2D eigenvalue weighted by Gasteiger charge is -2.19. The molecule has 6 nitrogen and oxygen atoms in total. The predicted octanol–water partition coefficient (Wildman–Crippen LogP) is 1.48. The first kappa shape index (κ1) is 15.6. The van der Waals surface area contributed by atoms with Crippen molar-refractivity contribution in [1.29, 1.82) is 0 Å². The molecule has 0 saturated carbocycles. The number of hydrogen-bond donors (Lipinski definition) is 2. The fourth-order valence-electron chi connectivity index (χ4n) is 1.67. The molecule has 2 N–H and O–H groups in total. The Morgan fingerprint density at radius 1 is 1.45 bits per heavy atom. The van der Waals surface area contributed by atoms with Crippen molar-refractivity contribution < 1.29 is 19.4 Å². The summed E-state index contributed by atoms with van der Waals surface area (Å²) in [5, 5.41) is 11.4. The van der Waals surface area contributed by atoms with Gasteiger partial charge in [0.15, 0.2) is 0 Å². The van der Waals surface area contributed by atoms with Crippen LogP contribution in [0.25, 0.3) is 0 Å². The average Bonchev–Trinajstić information content (AvgIpc) is 2.44. The van der Waals surface area contributed by atoms with E-state index >= 15 is 0 Å². The smallest absolute Gasteiger partial charge is 0.323 e. The van der Waals surface area contributed by atoms with Crippen LogP contribution in [0, 0.1) is 0 Å². The van der Waals surface area contributed by atoms with E-state index in [1.54, 1.807) is 13.2 Å². The van der Waals surface area contributed by atoms with Gasteiger partial charge < -0.3 is 20.1 Å². The maximum absolute atomic E-state index is 11.9. The minimum Gasteiger partial charge on any atom is -0.496 e. The minimum atomic E-state index is -1.07. The Labute approximate surface area is 117 Å². The van der Waals surface area contributed by atoms with Crippen LogP contribution in [0.5, 0.6) is 5.75 Å². The van der Waals surface area contributed by atoms with E-state index < -0.39 is 12.0 Å². The molecule has 108 valence electrons. The van der Waals surface area contributed by atoms with Crippen molar-refractivity contribution in [2.45, 2.75) is 6.54 Å². The van der Waals surface area contributed by atoms with Crippen LogP contribution >= 0.6 is 0 Å². The van der Waals surface area contributed by atoms with E-state index in [9.17, 15) is 9.59 Å². The highest BCUT2D eigenvalue weighted by molar-refractivity contribution is 5.80. The number of nitrogens with zero attached hydrogens (tertiary/aromatic N) is 1. The van der Waals surface area contributed by atoms with Crippen LogP contribution in [-0.4, -0.2) is 42.2 Å². The second-order valence-electron chi connectivity index (χ2n) is 4.03. The Morgan fingerprint density at radius 2 is 2.15 bits per heavy atom. The zero-order valence-electron chi connectivity index (χ0n) is 11.3. The Balaban J connectivity index is 2.64. The van der Waals surface area contributed by atoms with Gasteiger partial charge in [-0.25, -0.2) is 4.79 Å². The number of rotatable bonds is 7. The van der Waals surface area contributed by atoms with Crippen LogP contribution in [0.15, 0.2) is 36.9 Å². The van der Waals surface area contributed by atoms with E-state index in [2.05, 4.69) is 11.9 Å². The summed E-state index contributed by atoms with van der Waals surface area (Å²) in [4.78, 5) is 23.7. The summed E-state index contributed by atoms with van der Waals surface area (Å²) in [6, 6.07) is 6.83. The number of methoxy groups -OCH3 is 1. The van der Waals surface area contributed by atoms with Crippen LogP contribution in [0.4, 0.5) is 4.79 Å². The first-order chi connectivity index (χ1) is 9.58. The Morgan fingerprint density at radius 3 is 2.75 bits per heavy atom. The lowest BCUT2D eigenvalue weighted by molar-refractivity contribution is -0.137. The highest BCUT2D eigenvalue weighted by Gasteiger charge is 2.15. The highest BCUT2D eigenvalue weighted by atomic mass is 16.5. The minimum absolute atomic E-state index is 0.171. The molecular weight excluding hydrogens is 260 g/mol. The van der Waals surface area contributed by atoms with Crippen molar-refractivity contribution in [2.24, 2.45) is 0 Å². The Hall–Kier alpha value is -2.50. The molecule has 0 saturated heterocycles. The fraction of sp³-hybridized carbons (Fsp3) is 0.286. The predicted molar refractivity (Wildman–Crippen MR) is 74.6 cm³/mol. The van der Waals surface area contributed by atoms with Crippen molar-refractivity contribution in [2.75, 3.05) is 20.2 Å². The molecule has 0 radical (unpaired) electrons. The number of carboxylic acids is 1. The number of ether oxygens (including phenoxy) is 1. The van der Waals surface area contributed by atoms with Crippen molar-refractivity contribution in [3.05, 3.63) is 42.5 Å². The lowest BCUT2D eigenvalue weighted by atomic mass is 10.2. The number of para-hydroxylation sites is 1. The Kier molecular flexibility index (Phi) is 6.09. The van der Waals surface area contributed by atoms with E-state index in [0.29, 0.717) is 5.75 Å². The number of aliphatic carboxylic acids is 1. The monoisotopic (exact) mass is 278 g/mol. The summed E-state index contributed by atoms with van der Waals surface area (Å²) < 4.78 is 5.17. The second kappa shape index (κ2) is 7.83. The van der Waals surface area contributed by atoms with Crippen molar-refractivity contribution in [1.82, 2.24) is 10.2 Å². The average molecular weight is 278 g/mol. The number of nitrogens with one attached hydrogen (secondary N) is 1. The molecule has 0 heterocycles. The third-order valence-electron chi connectivity index (χ3n) is 2.59. The lowest BCUT2D eigenvalue weighted by Crippen LogP contribution is -2.42. The number of carbonyl (C=O) groups is 2. The Bertz CT molecular complexity index is 488. The van der Waals surface area contributed by atoms with Gasteiger partial charge in [-0.15, -0.1) is 6.58 Å². The summed E-state index contributed by atoms with van der Waals surface area (Å²) in [7, 11) is 1.55. The molecule has 0 bridgehead atoms. The molecule has 0 aliphatic carbocycles. The number of carboxylic acid groups (broad SMARTS) is 1. The van der Waals surface area contributed by atoms with Gasteiger partial charge in [0.05, 0.1) is 7.11 Å². The van der Waals surface area contributed by atoms with Crippen LogP contribution in [0.3, 0.4) is 0 Å². The summed E-state index contributed by atoms with van der Waals surface area (Å²) >= 11 is 0. The van der Waals surface area contributed by atoms with E-state index in [4.69, 9.17) is 9.84 Å². The van der Waals surface area contributed by atoms with E-state index in [1.807, 2.05) is 18.2 Å². The van der Waals surface area contributed by atoms with Gasteiger partial charge in [0.1, 0.15) is 12.3 Å². The topological polar surface area (TPSA) is 78.9 Å². The molecule has 0 unspecified atom stereocenters. The molecule has 0 aliphatic heterocycles. The molecule has 0 aliphatic rings. The summed E-state index contributed by atoms with van der Waals surface area (Å²) in [6.45, 7) is 3.56. The SMILES string of the molecule is C=CCN(CC(=O)O)C(=O)NCc1ccccc1OC. The second-order valence-corrected chi connectivity index (χ2v) is 4.03. The van der Waals surface area contributed by atoms with E-state index in [1.165, 1.54) is 6.08 Å². The van der Waals surface area contributed by atoms with Gasteiger partial charge in [-0.1, -0.05) is 24.3 Å². The number of urea groups is 1.